The van der Waals surface area contributed by atoms with Crippen molar-refractivity contribution < 1.29 is 4.42 Å². The van der Waals surface area contributed by atoms with Crippen molar-refractivity contribution >= 4 is 28.9 Å². The molecule has 138 valence electrons. The molecule has 0 amide bonds. The van der Waals surface area contributed by atoms with E-state index in [0.717, 1.165) is 33.8 Å². The summed E-state index contributed by atoms with van der Waals surface area (Å²) in [4.78, 5) is 12.3. The van der Waals surface area contributed by atoms with Crippen molar-refractivity contribution in [3.8, 4) is 10.8 Å². The standard InChI is InChI=1S/C18H22ClN5OS/c1-4-20-18(24(3)11-15-8-13(19)10-23(15)2)21-9-14-12-25-17(22-14)16-6-5-7-26-16/h5-8,10,12H,4,9,11H2,1-3H3,(H,20,21). The van der Waals surface area contributed by atoms with Gasteiger partial charge in [0.1, 0.15) is 12.0 Å². The summed E-state index contributed by atoms with van der Waals surface area (Å²) in [6.45, 7) is 3.99. The number of rotatable bonds is 6. The van der Waals surface area contributed by atoms with Gasteiger partial charge in [0.15, 0.2) is 5.96 Å². The number of aryl methyl sites for hydroxylation is 1. The topological polar surface area (TPSA) is 58.6 Å². The van der Waals surface area contributed by atoms with E-state index in [1.807, 2.05) is 55.4 Å². The number of hydrogen-bond acceptors (Lipinski definition) is 4. The maximum absolute atomic E-state index is 6.07. The lowest BCUT2D eigenvalue weighted by Crippen LogP contribution is -2.38. The second-order valence-electron chi connectivity index (χ2n) is 5.91. The lowest BCUT2D eigenvalue weighted by molar-refractivity contribution is 0.461. The van der Waals surface area contributed by atoms with Crippen LogP contribution in [0.4, 0.5) is 0 Å². The van der Waals surface area contributed by atoms with E-state index < -0.39 is 0 Å². The van der Waals surface area contributed by atoms with Crippen molar-refractivity contribution in [2.45, 2.75) is 20.0 Å². The summed E-state index contributed by atoms with van der Waals surface area (Å²) < 4.78 is 7.58. The first kappa shape index (κ1) is 18.5. The van der Waals surface area contributed by atoms with E-state index in [-0.39, 0.29) is 0 Å². The van der Waals surface area contributed by atoms with Crippen LogP contribution in [0.2, 0.25) is 5.02 Å². The molecule has 3 heterocycles. The number of aliphatic imine (C=N–C) groups is 1. The molecular weight excluding hydrogens is 370 g/mol. The van der Waals surface area contributed by atoms with Gasteiger partial charge in [-0.3, -0.25) is 0 Å². The predicted molar refractivity (Wildman–Crippen MR) is 107 cm³/mol. The monoisotopic (exact) mass is 391 g/mol. The van der Waals surface area contributed by atoms with Gasteiger partial charge >= 0.3 is 0 Å². The number of nitrogens with one attached hydrogen (secondary N) is 1. The van der Waals surface area contributed by atoms with Crippen molar-refractivity contribution in [3.05, 3.63) is 52.4 Å². The molecule has 0 saturated carbocycles. The van der Waals surface area contributed by atoms with Crippen LogP contribution < -0.4 is 5.32 Å². The first-order valence-corrected chi connectivity index (χ1v) is 9.61. The molecule has 3 rings (SSSR count). The number of aromatic nitrogens is 2. The number of halogens is 1. The zero-order chi connectivity index (χ0) is 18.5. The molecule has 26 heavy (non-hydrogen) atoms. The van der Waals surface area contributed by atoms with Crippen LogP contribution in [0.15, 0.2) is 45.4 Å². The zero-order valence-corrected chi connectivity index (χ0v) is 16.6. The van der Waals surface area contributed by atoms with E-state index >= 15 is 0 Å². The summed E-state index contributed by atoms with van der Waals surface area (Å²) in [6, 6.07) is 5.94. The van der Waals surface area contributed by atoms with Crippen molar-refractivity contribution in [2.75, 3.05) is 13.6 Å². The van der Waals surface area contributed by atoms with Crippen LogP contribution in [0, 0.1) is 0 Å². The Balaban J connectivity index is 1.69. The minimum Gasteiger partial charge on any atom is -0.443 e. The maximum atomic E-state index is 6.07. The van der Waals surface area contributed by atoms with Gasteiger partial charge in [-0.1, -0.05) is 17.7 Å². The van der Waals surface area contributed by atoms with Crippen LogP contribution in [-0.2, 0) is 20.1 Å². The number of oxazole rings is 1. The summed E-state index contributed by atoms with van der Waals surface area (Å²) in [6.07, 6.45) is 3.56. The average molecular weight is 392 g/mol. The van der Waals surface area contributed by atoms with Gasteiger partial charge in [0, 0.05) is 32.5 Å². The Morgan fingerprint density at radius 1 is 1.50 bits per heavy atom. The highest BCUT2D eigenvalue weighted by atomic mass is 35.5. The largest absolute Gasteiger partial charge is 0.443 e. The van der Waals surface area contributed by atoms with Gasteiger partial charge in [-0.05, 0) is 24.4 Å². The first-order chi connectivity index (χ1) is 12.6. The molecule has 0 radical (unpaired) electrons. The fourth-order valence-corrected chi connectivity index (χ4v) is 3.49. The van der Waals surface area contributed by atoms with Crippen molar-refractivity contribution in [1.29, 1.82) is 0 Å². The van der Waals surface area contributed by atoms with Crippen molar-refractivity contribution in [1.82, 2.24) is 19.8 Å². The Kier molecular flexibility index (Phi) is 6.00. The molecule has 1 N–H and O–H groups in total. The molecule has 0 saturated heterocycles. The Labute approximate surface area is 162 Å². The molecule has 3 aromatic heterocycles. The van der Waals surface area contributed by atoms with E-state index in [2.05, 4.69) is 20.2 Å². The van der Waals surface area contributed by atoms with Crippen molar-refractivity contribution in [2.24, 2.45) is 12.0 Å². The van der Waals surface area contributed by atoms with Gasteiger partial charge in [0.25, 0.3) is 0 Å². The summed E-state index contributed by atoms with van der Waals surface area (Å²) in [5.74, 6) is 1.45. The predicted octanol–water partition coefficient (Wildman–Crippen LogP) is 3.99. The van der Waals surface area contributed by atoms with Crippen LogP contribution in [0.1, 0.15) is 18.3 Å². The van der Waals surface area contributed by atoms with E-state index in [9.17, 15) is 0 Å². The van der Waals surface area contributed by atoms with Crippen LogP contribution in [-0.4, -0.2) is 34.0 Å². The van der Waals surface area contributed by atoms with Gasteiger partial charge < -0.3 is 19.2 Å². The summed E-state index contributed by atoms with van der Waals surface area (Å²) in [7, 11) is 3.99. The number of hydrogen-bond donors (Lipinski definition) is 1. The number of guanidine groups is 1. The van der Waals surface area contributed by atoms with Gasteiger partial charge in [0.2, 0.25) is 5.89 Å². The van der Waals surface area contributed by atoms with Crippen LogP contribution in [0.25, 0.3) is 10.8 Å². The second kappa shape index (κ2) is 8.42. The van der Waals surface area contributed by atoms with E-state index in [0.29, 0.717) is 19.0 Å². The molecule has 3 aromatic rings. The molecule has 0 atom stereocenters. The van der Waals surface area contributed by atoms with Crippen LogP contribution in [0.5, 0.6) is 0 Å². The Hall–Kier alpha value is -2.25. The summed E-state index contributed by atoms with van der Waals surface area (Å²) in [5.41, 5.74) is 1.92. The molecule has 0 aliphatic rings. The van der Waals surface area contributed by atoms with Crippen LogP contribution in [0.3, 0.4) is 0 Å². The number of thiophene rings is 1. The van der Waals surface area contributed by atoms with Gasteiger partial charge in [-0.15, -0.1) is 11.3 Å². The molecule has 8 heteroatoms. The molecular formula is C18H22ClN5OS. The molecule has 0 aliphatic carbocycles. The minimum atomic E-state index is 0.454. The van der Waals surface area contributed by atoms with E-state index in [4.69, 9.17) is 16.0 Å². The number of nitrogens with zero attached hydrogens (tertiary/aromatic N) is 4. The lowest BCUT2D eigenvalue weighted by atomic mass is 10.4. The van der Waals surface area contributed by atoms with Crippen molar-refractivity contribution in [3.63, 3.8) is 0 Å². The molecule has 0 fully saturated rings. The zero-order valence-electron chi connectivity index (χ0n) is 15.1. The maximum Gasteiger partial charge on any atom is 0.236 e. The smallest absolute Gasteiger partial charge is 0.236 e. The third-order valence-corrected chi connectivity index (χ3v) is 4.91. The van der Waals surface area contributed by atoms with Crippen LogP contribution >= 0.6 is 22.9 Å². The fourth-order valence-electron chi connectivity index (χ4n) is 2.56. The van der Waals surface area contributed by atoms with Gasteiger partial charge in [-0.25, -0.2) is 9.98 Å². The molecule has 0 aliphatic heterocycles. The molecule has 0 spiro atoms. The highest BCUT2D eigenvalue weighted by Gasteiger charge is 2.11. The Morgan fingerprint density at radius 2 is 2.35 bits per heavy atom. The summed E-state index contributed by atoms with van der Waals surface area (Å²) >= 11 is 7.68. The minimum absolute atomic E-state index is 0.454. The normalized spacial score (nSPS) is 11.8. The SMILES string of the molecule is CCNC(=NCc1coc(-c2cccs2)n1)N(C)Cc1cc(Cl)cn1C. The van der Waals surface area contributed by atoms with Gasteiger partial charge in [0.05, 0.1) is 23.0 Å². The molecule has 0 aromatic carbocycles. The second-order valence-corrected chi connectivity index (χ2v) is 7.29. The Morgan fingerprint density at radius 3 is 3.00 bits per heavy atom. The summed E-state index contributed by atoms with van der Waals surface area (Å²) in [5, 5.41) is 6.05. The van der Waals surface area contributed by atoms with Gasteiger partial charge in [-0.2, -0.15) is 0 Å². The van der Waals surface area contributed by atoms with E-state index in [1.165, 1.54) is 0 Å². The highest BCUT2D eigenvalue weighted by molar-refractivity contribution is 7.13. The molecule has 6 nitrogen and oxygen atoms in total. The first-order valence-electron chi connectivity index (χ1n) is 8.35. The molecule has 0 bridgehead atoms. The lowest BCUT2D eigenvalue weighted by Gasteiger charge is -2.22. The third-order valence-electron chi connectivity index (χ3n) is 3.84. The third kappa shape index (κ3) is 4.47. The molecule has 0 unspecified atom stereocenters. The highest BCUT2D eigenvalue weighted by Crippen LogP contribution is 2.23. The fraction of sp³-hybridized carbons (Fsp3) is 0.333. The average Bonchev–Trinajstić information content (AvgIpc) is 3.33. The quantitative estimate of drug-likeness (QED) is 0.509. The van der Waals surface area contributed by atoms with E-state index in [1.54, 1.807) is 17.6 Å². The Bertz CT molecular complexity index is 868.